The second-order valence-corrected chi connectivity index (χ2v) is 6.26. The molecule has 2 aliphatic heterocycles. The number of carbonyl (C=O) groups is 1. The fraction of sp³-hybridized carbons (Fsp3) is 0.846. The molecule has 2 bridgehead atoms. The molecule has 10 heteroatoms. The Hall–Kier alpha value is -1.41. The van der Waals surface area contributed by atoms with E-state index in [1.165, 1.54) is 24.5 Å². The van der Waals surface area contributed by atoms with Gasteiger partial charge >= 0.3 is 16.4 Å². The molecule has 0 saturated carbocycles. The van der Waals surface area contributed by atoms with E-state index in [1.54, 1.807) is 0 Å². The number of piperidine rings is 1. The van der Waals surface area contributed by atoms with E-state index in [0.29, 0.717) is 17.9 Å². The van der Waals surface area contributed by atoms with Crippen molar-refractivity contribution in [2.75, 3.05) is 26.2 Å². The zero-order chi connectivity index (χ0) is 17.6. The van der Waals surface area contributed by atoms with E-state index in [-0.39, 0.29) is 6.54 Å². The van der Waals surface area contributed by atoms with Gasteiger partial charge in [-0.1, -0.05) is 20.8 Å². The summed E-state index contributed by atoms with van der Waals surface area (Å²) in [4.78, 5) is 15.2. The average Bonchev–Trinajstić information content (AvgIpc) is 2.74. The minimum atomic E-state index is -4.71. The highest BCUT2D eigenvalue weighted by Gasteiger charge is 2.47. The van der Waals surface area contributed by atoms with Gasteiger partial charge in [0, 0.05) is 6.54 Å². The van der Waals surface area contributed by atoms with Crippen LogP contribution in [-0.2, 0) is 14.7 Å². The van der Waals surface area contributed by atoms with Crippen LogP contribution in [0, 0.1) is 11.3 Å². The normalized spacial score (nSPS) is 23.6. The lowest BCUT2D eigenvalue weighted by molar-refractivity contribution is -0.0316. The Balaban J connectivity index is 0.000000322. The number of nitriles is 1. The molecule has 2 fully saturated rings. The molecule has 0 unspecified atom stereocenters. The molecule has 9 nitrogen and oxygen atoms in total. The van der Waals surface area contributed by atoms with Gasteiger partial charge in [-0.05, 0) is 32.5 Å². The molecule has 1 N–H and O–H groups in total. The highest BCUT2D eigenvalue weighted by Crippen LogP contribution is 2.30. The molecule has 0 radical (unpaired) electrons. The van der Waals surface area contributed by atoms with Crippen LogP contribution in [0.25, 0.3) is 0 Å². The van der Waals surface area contributed by atoms with E-state index >= 15 is 0 Å². The molecular weight excluding hydrogens is 324 g/mol. The lowest BCUT2D eigenvalue weighted by atomic mass is 10.0. The molecule has 2 amide bonds. The third kappa shape index (κ3) is 5.31. The number of carbonyl (C=O) groups excluding carboxylic acids is 1. The van der Waals surface area contributed by atoms with Crippen molar-refractivity contribution in [2.24, 2.45) is 0 Å². The van der Waals surface area contributed by atoms with Crippen molar-refractivity contribution in [3.8, 4) is 6.07 Å². The van der Waals surface area contributed by atoms with Gasteiger partial charge in [-0.2, -0.15) is 18.7 Å². The van der Waals surface area contributed by atoms with E-state index in [2.05, 4.69) is 30.0 Å². The van der Waals surface area contributed by atoms with Crippen LogP contribution in [0.5, 0.6) is 0 Å². The monoisotopic (exact) mass is 348 g/mol. The Morgan fingerprint density at radius 2 is 1.87 bits per heavy atom. The number of hydroxylamine groups is 2. The van der Waals surface area contributed by atoms with E-state index in [0.717, 1.165) is 0 Å². The molecule has 2 atom stereocenters. The van der Waals surface area contributed by atoms with Crippen LogP contribution < -0.4 is 0 Å². The molecule has 0 spiro atoms. The maximum absolute atomic E-state index is 11.6. The topological polar surface area (TPSA) is 114 Å². The fourth-order valence-corrected chi connectivity index (χ4v) is 3.02. The van der Waals surface area contributed by atoms with Crippen LogP contribution in [0.4, 0.5) is 4.79 Å². The number of rotatable bonds is 5. The summed E-state index contributed by atoms with van der Waals surface area (Å²) in [5.74, 6) is 0. The quantitative estimate of drug-likeness (QED) is 0.733. The van der Waals surface area contributed by atoms with Crippen molar-refractivity contribution in [2.45, 2.75) is 45.7 Å². The maximum Gasteiger partial charge on any atom is 0.418 e. The number of fused-ring (bicyclic) bond motifs is 2. The van der Waals surface area contributed by atoms with Gasteiger partial charge in [0.05, 0.1) is 12.1 Å². The second kappa shape index (κ2) is 8.44. The van der Waals surface area contributed by atoms with E-state index < -0.39 is 28.5 Å². The fourth-order valence-electron chi connectivity index (χ4n) is 2.64. The Bertz CT molecular complexity index is 538. The summed E-state index contributed by atoms with van der Waals surface area (Å²) < 4.78 is 33.7. The van der Waals surface area contributed by atoms with Gasteiger partial charge in [0.25, 0.3) is 0 Å². The van der Waals surface area contributed by atoms with Gasteiger partial charge in [-0.3, -0.25) is 4.55 Å². The highest BCUT2D eigenvalue weighted by molar-refractivity contribution is 7.80. The predicted octanol–water partition coefficient (Wildman–Crippen LogP) is 0.861. The maximum atomic E-state index is 11.6. The van der Waals surface area contributed by atoms with Crippen LogP contribution in [0.15, 0.2) is 0 Å². The average molecular weight is 348 g/mol. The van der Waals surface area contributed by atoms with Crippen molar-refractivity contribution in [1.29, 1.82) is 5.26 Å². The van der Waals surface area contributed by atoms with Crippen molar-refractivity contribution in [1.82, 2.24) is 14.9 Å². The van der Waals surface area contributed by atoms with Gasteiger partial charge in [-0.15, -0.1) is 4.28 Å². The van der Waals surface area contributed by atoms with Gasteiger partial charge < -0.3 is 9.80 Å². The Morgan fingerprint density at radius 1 is 1.30 bits per heavy atom. The molecule has 2 saturated heterocycles. The second-order valence-electron chi connectivity index (χ2n) is 5.26. The van der Waals surface area contributed by atoms with Crippen molar-refractivity contribution in [3.05, 3.63) is 0 Å². The van der Waals surface area contributed by atoms with Crippen LogP contribution in [-0.4, -0.2) is 72.1 Å². The molecule has 0 aliphatic carbocycles. The standard InChI is InChI=1S/C7H9N3O5S.C6H15N/c8-3-5-1-2-6-4-9(5)7(11)10(6)15-16(12,13)14;1-4-7(5-2)6-3/h5-6H,1-2,4H2,(H,12,13,14);4-6H2,1-3H3/t5-,6+;/m0./s1. The van der Waals surface area contributed by atoms with E-state index in [4.69, 9.17) is 9.81 Å². The first-order valence-electron chi connectivity index (χ1n) is 7.66. The molecule has 23 heavy (non-hydrogen) atoms. The third-order valence-corrected chi connectivity index (χ3v) is 4.34. The summed E-state index contributed by atoms with van der Waals surface area (Å²) in [5.41, 5.74) is 0. The SMILES string of the molecule is CCN(CC)CC.N#C[C@@H]1CC[C@@H]2CN1C(=O)N2OS(=O)(=O)O. The zero-order valence-electron chi connectivity index (χ0n) is 13.7. The molecule has 2 aliphatic rings. The predicted molar refractivity (Wildman–Crippen MR) is 82.5 cm³/mol. The highest BCUT2D eigenvalue weighted by atomic mass is 32.3. The van der Waals surface area contributed by atoms with E-state index in [9.17, 15) is 13.2 Å². The molecule has 2 rings (SSSR count). The van der Waals surface area contributed by atoms with E-state index in [1.807, 2.05) is 6.07 Å². The molecule has 0 aromatic rings. The Morgan fingerprint density at radius 3 is 2.26 bits per heavy atom. The van der Waals surface area contributed by atoms with Gasteiger partial charge in [0.1, 0.15) is 6.04 Å². The van der Waals surface area contributed by atoms with Crippen LogP contribution in [0.2, 0.25) is 0 Å². The zero-order valence-corrected chi connectivity index (χ0v) is 14.5. The number of hydrogen-bond donors (Lipinski definition) is 1. The van der Waals surface area contributed by atoms with Gasteiger partial charge in [-0.25, -0.2) is 4.79 Å². The van der Waals surface area contributed by atoms with Crippen LogP contribution in [0.3, 0.4) is 0 Å². The third-order valence-electron chi connectivity index (χ3n) is 3.99. The number of nitrogens with zero attached hydrogens (tertiary/aromatic N) is 4. The summed E-state index contributed by atoms with van der Waals surface area (Å²) >= 11 is 0. The Labute approximate surface area is 137 Å². The molecular formula is C13H24N4O5S. The minimum Gasteiger partial charge on any atom is -0.305 e. The van der Waals surface area contributed by atoms with Gasteiger partial charge in [0.15, 0.2) is 0 Å². The number of urea groups is 1. The first-order chi connectivity index (χ1) is 10.8. The molecule has 2 heterocycles. The molecule has 0 aromatic heterocycles. The lowest BCUT2D eigenvalue weighted by Gasteiger charge is -2.24. The number of hydrogen-bond acceptors (Lipinski definition) is 6. The minimum absolute atomic E-state index is 0.243. The van der Waals surface area contributed by atoms with Crippen LogP contribution >= 0.6 is 0 Å². The first kappa shape index (κ1) is 19.6. The summed E-state index contributed by atoms with van der Waals surface area (Å²) in [5, 5.41) is 9.39. The summed E-state index contributed by atoms with van der Waals surface area (Å²) in [6, 6.07) is 0.266. The first-order valence-corrected chi connectivity index (χ1v) is 9.02. The molecule has 0 aromatic carbocycles. The number of amides is 2. The molecule has 132 valence electrons. The summed E-state index contributed by atoms with van der Waals surface area (Å²) in [6.45, 7) is 10.4. The van der Waals surface area contributed by atoms with Crippen molar-refractivity contribution in [3.63, 3.8) is 0 Å². The van der Waals surface area contributed by atoms with Crippen molar-refractivity contribution < 1.29 is 22.0 Å². The summed E-state index contributed by atoms with van der Waals surface area (Å²) in [6.07, 6.45) is 0.939. The smallest absolute Gasteiger partial charge is 0.305 e. The van der Waals surface area contributed by atoms with Crippen LogP contribution in [0.1, 0.15) is 33.6 Å². The van der Waals surface area contributed by atoms with Gasteiger partial charge in [0.2, 0.25) is 0 Å². The van der Waals surface area contributed by atoms with Crippen molar-refractivity contribution >= 4 is 16.4 Å². The Kier molecular flexibility index (Phi) is 7.21. The summed E-state index contributed by atoms with van der Waals surface area (Å²) in [7, 11) is -4.71. The largest absolute Gasteiger partial charge is 0.418 e. The lowest BCUT2D eigenvalue weighted by Crippen LogP contribution is -2.38.